The van der Waals surface area contributed by atoms with E-state index in [1.165, 1.54) is 6.92 Å². The summed E-state index contributed by atoms with van der Waals surface area (Å²) in [5.74, 6) is 0.599. The Labute approximate surface area is 182 Å². The number of aliphatic hydroxyl groups excluding tert-OH is 2. The van der Waals surface area contributed by atoms with Crippen LogP contribution in [0.15, 0.2) is 0 Å². The molecule has 4 aliphatic carbocycles. The Morgan fingerprint density at radius 2 is 1.90 bits per heavy atom. The molecule has 1 unspecified atom stereocenters. The molecule has 0 heterocycles. The van der Waals surface area contributed by atoms with Gasteiger partial charge in [0, 0.05) is 23.8 Å². The summed E-state index contributed by atoms with van der Waals surface area (Å²) in [7, 11) is 0. The predicted octanol–water partition coefficient (Wildman–Crippen LogP) is 3.42. The first-order valence-corrected chi connectivity index (χ1v) is 12.3. The second-order valence-corrected chi connectivity index (χ2v) is 11.8. The zero-order chi connectivity index (χ0) is 21.2. The van der Waals surface area contributed by atoms with Crippen LogP contribution < -0.4 is 0 Å². The van der Waals surface area contributed by atoms with Crippen LogP contribution in [-0.4, -0.2) is 50.5 Å². The van der Waals surface area contributed by atoms with Crippen molar-refractivity contribution in [3.05, 3.63) is 0 Å². The van der Waals surface area contributed by atoms with Crippen molar-refractivity contribution < 1.29 is 24.9 Å². The summed E-state index contributed by atoms with van der Waals surface area (Å²) < 4.78 is 5.52. The molecule has 4 fully saturated rings. The monoisotopic (exact) mass is 472 g/mol. The molecule has 0 spiro atoms. The van der Waals surface area contributed by atoms with Gasteiger partial charge in [-0.05, 0) is 87.4 Å². The van der Waals surface area contributed by atoms with Crippen LogP contribution >= 0.6 is 15.9 Å². The van der Waals surface area contributed by atoms with Gasteiger partial charge in [0.15, 0.2) is 0 Å². The third-order valence-corrected chi connectivity index (χ3v) is 10.8. The maximum Gasteiger partial charge on any atom is 0.302 e. The fourth-order valence-electron chi connectivity index (χ4n) is 8.41. The summed E-state index contributed by atoms with van der Waals surface area (Å²) in [4.78, 5) is 11.4. The van der Waals surface area contributed by atoms with E-state index >= 15 is 0 Å². The van der Waals surface area contributed by atoms with E-state index < -0.39 is 11.7 Å². The molecule has 0 radical (unpaired) electrons. The summed E-state index contributed by atoms with van der Waals surface area (Å²) in [5, 5.41) is 33.3. The Morgan fingerprint density at radius 3 is 2.52 bits per heavy atom. The van der Waals surface area contributed by atoms with Crippen LogP contribution in [0.25, 0.3) is 0 Å². The van der Waals surface area contributed by atoms with Gasteiger partial charge in [-0.3, -0.25) is 4.79 Å². The van der Waals surface area contributed by atoms with E-state index in [9.17, 15) is 20.1 Å². The lowest BCUT2D eigenvalue weighted by molar-refractivity contribution is -0.224. The van der Waals surface area contributed by atoms with E-state index in [1.54, 1.807) is 0 Å². The van der Waals surface area contributed by atoms with E-state index in [4.69, 9.17) is 4.74 Å². The van der Waals surface area contributed by atoms with Crippen LogP contribution in [0, 0.1) is 34.5 Å². The standard InChI is InChI=1S/C23H37BrO5/c1-13(26)19-11-20(24)23(28)18-5-4-15-10-16(29-14(2)27)6-9-22(15,12-25)17(18)7-8-21(19,23)3/h13,15-20,25-26,28H,4-12H2,1-3H3/t13?,15-,16-,17-,18+,19+,20-,21+,22+,23+/m0/s1. The van der Waals surface area contributed by atoms with Gasteiger partial charge in [0.1, 0.15) is 6.10 Å². The number of fused-ring (bicyclic) bond motifs is 5. The zero-order valence-electron chi connectivity index (χ0n) is 17.9. The number of carbonyl (C=O) groups is 1. The second kappa shape index (κ2) is 7.46. The summed E-state index contributed by atoms with van der Waals surface area (Å²) in [6, 6.07) is 0. The summed E-state index contributed by atoms with van der Waals surface area (Å²) >= 11 is 3.83. The molecule has 0 aromatic rings. The fraction of sp³-hybridized carbons (Fsp3) is 0.957. The van der Waals surface area contributed by atoms with E-state index in [0.717, 1.165) is 51.4 Å². The molecule has 0 bridgehead atoms. The molecule has 10 atom stereocenters. The number of aliphatic hydroxyl groups is 3. The summed E-state index contributed by atoms with van der Waals surface area (Å²) in [6.45, 7) is 5.65. The molecule has 0 aromatic heterocycles. The quantitative estimate of drug-likeness (QED) is 0.432. The van der Waals surface area contributed by atoms with Crippen molar-refractivity contribution in [3.63, 3.8) is 0 Å². The molecule has 4 saturated carbocycles. The van der Waals surface area contributed by atoms with Crippen LogP contribution in [0.4, 0.5) is 0 Å². The molecule has 0 aromatic carbocycles. The Hall–Kier alpha value is -0.170. The highest BCUT2D eigenvalue weighted by molar-refractivity contribution is 9.09. The number of hydrogen-bond acceptors (Lipinski definition) is 5. The van der Waals surface area contributed by atoms with Gasteiger partial charge >= 0.3 is 5.97 Å². The van der Waals surface area contributed by atoms with Gasteiger partial charge in [0.25, 0.3) is 0 Å². The van der Waals surface area contributed by atoms with Gasteiger partial charge < -0.3 is 20.1 Å². The molecule has 29 heavy (non-hydrogen) atoms. The van der Waals surface area contributed by atoms with Crippen molar-refractivity contribution in [2.45, 2.75) is 94.8 Å². The first kappa shape index (κ1) is 22.0. The third-order valence-electron chi connectivity index (χ3n) is 9.76. The van der Waals surface area contributed by atoms with Gasteiger partial charge in [-0.15, -0.1) is 0 Å². The number of hydrogen-bond donors (Lipinski definition) is 3. The molecular weight excluding hydrogens is 436 g/mol. The van der Waals surface area contributed by atoms with Crippen molar-refractivity contribution >= 4 is 21.9 Å². The van der Waals surface area contributed by atoms with Crippen LogP contribution in [0.5, 0.6) is 0 Å². The van der Waals surface area contributed by atoms with Gasteiger partial charge in [-0.1, -0.05) is 22.9 Å². The number of esters is 1. The molecule has 4 rings (SSSR count). The molecule has 0 aliphatic heterocycles. The van der Waals surface area contributed by atoms with Crippen molar-refractivity contribution in [1.82, 2.24) is 0 Å². The maximum absolute atomic E-state index is 12.2. The van der Waals surface area contributed by atoms with E-state index in [-0.39, 0.29) is 52.1 Å². The van der Waals surface area contributed by atoms with Gasteiger partial charge in [0.2, 0.25) is 0 Å². The predicted molar refractivity (Wildman–Crippen MR) is 113 cm³/mol. The van der Waals surface area contributed by atoms with Crippen LogP contribution in [0.2, 0.25) is 0 Å². The smallest absolute Gasteiger partial charge is 0.302 e. The minimum atomic E-state index is -0.864. The van der Waals surface area contributed by atoms with E-state index in [0.29, 0.717) is 5.92 Å². The molecule has 0 amide bonds. The first-order chi connectivity index (χ1) is 13.6. The minimum absolute atomic E-state index is 0.0305. The molecule has 4 aliphatic rings. The SMILES string of the molecule is CC(=O)O[C@H]1CC[C@@]2(CO)[C@@H](CC[C@@H]3[C@@H]2CC[C@]2(C)[C@@H](C(C)O)C[C@H](Br)[C@]32O)C1. The Balaban J connectivity index is 1.65. The van der Waals surface area contributed by atoms with Gasteiger partial charge in [0.05, 0.1) is 11.7 Å². The molecule has 6 heteroatoms. The largest absolute Gasteiger partial charge is 0.463 e. The summed E-state index contributed by atoms with van der Waals surface area (Å²) in [5.41, 5.74) is -1.36. The second-order valence-electron chi connectivity index (χ2n) is 10.7. The van der Waals surface area contributed by atoms with Crippen LogP contribution in [0.3, 0.4) is 0 Å². The van der Waals surface area contributed by atoms with E-state index in [1.807, 2.05) is 6.92 Å². The zero-order valence-corrected chi connectivity index (χ0v) is 19.5. The lowest BCUT2D eigenvalue weighted by Gasteiger charge is -2.64. The van der Waals surface area contributed by atoms with E-state index in [2.05, 4.69) is 22.9 Å². The van der Waals surface area contributed by atoms with Crippen molar-refractivity contribution in [2.24, 2.45) is 34.5 Å². The molecule has 0 saturated heterocycles. The number of halogens is 1. The third kappa shape index (κ3) is 2.99. The average molecular weight is 473 g/mol. The first-order valence-electron chi connectivity index (χ1n) is 11.4. The lowest BCUT2D eigenvalue weighted by atomic mass is 9.43. The van der Waals surface area contributed by atoms with Crippen LogP contribution in [0.1, 0.15) is 72.1 Å². The maximum atomic E-state index is 12.2. The Morgan fingerprint density at radius 1 is 1.17 bits per heavy atom. The van der Waals surface area contributed by atoms with Crippen molar-refractivity contribution in [2.75, 3.05) is 6.61 Å². The fourth-order valence-corrected chi connectivity index (χ4v) is 9.67. The molecular formula is C23H37BrO5. The highest BCUT2D eigenvalue weighted by Gasteiger charge is 2.71. The van der Waals surface area contributed by atoms with Gasteiger partial charge in [-0.25, -0.2) is 0 Å². The Bertz CT molecular complexity index is 655. The average Bonchev–Trinajstić information content (AvgIpc) is 2.88. The van der Waals surface area contributed by atoms with Gasteiger partial charge in [-0.2, -0.15) is 0 Å². The number of ether oxygens (including phenoxy) is 1. The highest BCUT2D eigenvalue weighted by Crippen LogP contribution is 2.70. The van der Waals surface area contributed by atoms with Crippen molar-refractivity contribution in [3.8, 4) is 0 Å². The molecule has 166 valence electrons. The molecule has 3 N–H and O–H groups in total. The molecule has 5 nitrogen and oxygen atoms in total. The summed E-state index contributed by atoms with van der Waals surface area (Å²) in [6.07, 6.45) is 6.54. The number of carbonyl (C=O) groups excluding carboxylic acids is 1. The minimum Gasteiger partial charge on any atom is -0.463 e. The highest BCUT2D eigenvalue weighted by atomic mass is 79.9. The number of alkyl halides is 1. The normalized spacial score (nSPS) is 52.8. The topological polar surface area (TPSA) is 87.0 Å². The lowest BCUT2D eigenvalue weighted by Crippen LogP contribution is -2.66. The number of rotatable bonds is 3. The Kier molecular flexibility index (Phi) is 5.67. The van der Waals surface area contributed by atoms with Crippen LogP contribution in [-0.2, 0) is 9.53 Å². The van der Waals surface area contributed by atoms with Crippen molar-refractivity contribution in [1.29, 1.82) is 0 Å².